The molecular formula is C22H27F2IN4O. The molecular weight excluding hydrogens is 501 g/mol. The fraction of sp³-hybridized carbons (Fsp3) is 0.364. The molecule has 1 saturated heterocycles. The number of benzene rings is 2. The van der Waals surface area contributed by atoms with Crippen LogP contribution in [-0.2, 0) is 17.8 Å². The van der Waals surface area contributed by atoms with Gasteiger partial charge in [0.05, 0.1) is 6.54 Å². The molecule has 0 radical (unpaired) electrons. The Bertz CT molecular complexity index is 874. The van der Waals surface area contributed by atoms with Gasteiger partial charge in [-0.1, -0.05) is 12.1 Å². The topological polar surface area (TPSA) is 56.7 Å². The van der Waals surface area contributed by atoms with Gasteiger partial charge in [-0.05, 0) is 61.2 Å². The van der Waals surface area contributed by atoms with E-state index in [0.29, 0.717) is 44.0 Å². The number of halogens is 3. The minimum Gasteiger partial charge on any atom is -0.357 e. The summed E-state index contributed by atoms with van der Waals surface area (Å²) in [4.78, 5) is 18.2. The maximum absolute atomic E-state index is 13.7. The number of aliphatic imine (C=N–C) groups is 1. The number of guanidine groups is 1. The Balaban J connectivity index is 0.00000320. The second-order valence-electron chi connectivity index (χ2n) is 6.92. The van der Waals surface area contributed by atoms with Crippen molar-refractivity contribution in [1.82, 2.24) is 10.6 Å². The number of nitrogens with zero attached hydrogens (tertiary/aromatic N) is 2. The standard InChI is InChI=1S/C22H26F2N4O.HI/c1-2-25-22(26-12-11-17-14-18(23)7-10-20(17)24)27-15-16-5-8-19(9-6-16)28-13-3-4-21(28)29;/h5-10,14H,2-4,11-13,15H2,1H3,(H2,25,26,27);1H. The molecule has 0 spiro atoms. The highest BCUT2D eigenvalue weighted by atomic mass is 127. The van der Waals surface area contributed by atoms with Crippen molar-refractivity contribution in [2.45, 2.75) is 32.7 Å². The average Bonchev–Trinajstić information content (AvgIpc) is 3.15. The number of amides is 1. The van der Waals surface area contributed by atoms with E-state index in [1.54, 1.807) is 0 Å². The Hall–Kier alpha value is -2.23. The summed E-state index contributed by atoms with van der Waals surface area (Å²) in [5, 5.41) is 6.29. The lowest BCUT2D eigenvalue weighted by Gasteiger charge is -2.16. The quantitative estimate of drug-likeness (QED) is 0.325. The molecule has 0 unspecified atom stereocenters. The van der Waals surface area contributed by atoms with Crippen LogP contribution in [-0.4, -0.2) is 31.5 Å². The summed E-state index contributed by atoms with van der Waals surface area (Å²) in [5.41, 5.74) is 2.27. The zero-order chi connectivity index (χ0) is 20.6. The van der Waals surface area contributed by atoms with Gasteiger partial charge in [0.15, 0.2) is 5.96 Å². The average molecular weight is 528 g/mol. The van der Waals surface area contributed by atoms with Crippen LogP contribution in [0.1, 0.15) is 30.9 Å². The Morgan fingerprint density at radius 2 is 1.90 bits per heavy atom. The van der Waals surface area contributed by atoms with E-state index in [4.69, 9.17) is 0 Å². The minimum absolute atomic E-state index is 0. The second-order valence-corrected chi connectivity index (χ2v) is 6.92. The van der Waals surface area contributed by atoms with E-state index in [1.807, 2.05) is 36.1 Å². The van der Waals surface area contributed by atoms with Crippen molar-refractivity contribution in [3.8, 4) is 0 Å². The van der Waals surface area contributed by atoms with Crippen LogP contribution in [0.3, 0.4) is 0 Å². The molecule has 5 nitrogen and oxygen atoms in total. The molecule has 0 atom stereocenters. The third kappa shape index (κ3) is 6.65. The molecule has 0 bridgehead atoms. The van der Waals surface area contributed by atoms with Gasteiger partial charge in [0.25, 0.3) is 0 Å². The van der Waals surface area contributed by atoms with E-state index >= 15 is 0 Å². The molecule has 1 heterocycles. The summed E-state index contributed by atoms with van der Waals surface area (Å²) in [6, 6.07) is 11.3. The van der Waals surface area contributed by atoms with Gasteiger partial charge in [0, 0.05) is 31.7 Å². The van der Waals surface area contributed by atoms with Gasteiger partial charge < -0.3 is 15.5 Å². The molecule has 0 saturated carbocycles. The first-order valence-corrected chi connectivity index (χ1v) is 9.92. The molecule has 0 aromatic heterocycles. The number of nitrogens with one attached hydrogen (secondary N) is 2. The van der Waals surface area contributed by atoms with Crippen molar-refractivity contribution in [3.05, 3.63) is 65.2 Å². The number of anilines is 1. The fourth-order valence-electron chi connectivity index (χ4n) is 3.27. The first kappa shape index (κ1) is 24.0. The van der Waals surface area contributed by atoms with Gasteiger partial charge in [-0.2, -0.15) is 0 Å². The van der Waals surface area contributed by atoms with Crippen molar-refractivity contribution in [2.24, 2.45) is 4.99 Å². The number of rotatable bonds is 7. The molecule has 2 aromatic carbocycles. The molecule has 1 amide bonds. The Labute approximate surface area is 193 Å². The van der Waals surface area contributed by atoms with Crippen LogP contribution in [0.5, 0.6) is 0 Å². The zero-order valence-electron chi connectivity index (χ0n) is 17.0. The molecule has 1 aliphatic rings. The van der Waals surface area contributed by atoms with Crippen molar-refractivity contribution in [3.63, 3.8) is 0 Å². The Morgan fingerprint density at radius 1 is 1.13 bits per heavy atom. The van der Waals surface area contributed by atoms with Gasteiger partial charge in [-0.3, -0.25) is 4.79 Å². The summed E-state index contributed by atoms with van der Waals surface area (Å²) in [6.45, 7) is 4.33. The normalized spacial score (nSPS) is 13.9. The molecule has 2 aromatic rings. The molecule has 0 aliphatic carbocycles. The largest absolute Gasteiger partial charge is 0.357 e. The van der Waals surface area contributed by atoms with E-state index in [2.05, 4.69) is 15.6 Å². The van der Waals surface area contributed by atoms with Crippen LogP contribution in [0.15, 0.2) is 47.5 Å². The summed E-state index contributed by atoms with van der Waals surface area (Å²) >= 11 is 0. The molecule has 30 heavy (non-hydrogen) atoms. The lowest BCUT2D eigenvalue weighted by Crippen LogP contribution is -2.38. The van der Waals surface area contributed by atoms with E-state index < -0.39 is 11.6 Å². The van der Waals surface area contributed by atoms with Gasteiger partial charge in [0.2, 0.25) is 5.91 Å². The van der Waals surface area contributed by atoms with Crippen LogP contribution >= 0.6 is 24.0 Å². The lowest BCUT2D eigenvalue weighted by molar-refractivity contribution is -0.117. The Morgan fingerprint density at radius 3 is 2.57 bits per heavy atom. The van der Waals surface area contributed by atoms with Gasteiger partial charge in [-0.15, -0.1) is 24.0 Å². The summed E-state index contributed by atoms with van der Waals surface area (Å²) < 4.78 is 27.0. The molecule has 3 rings (SSSR count). The fourth-order valence-corrected chi connectivity index (χ4v) is 3.27. The van der Waals surface area contributed by atoms with Crippen LogP contribution < -0.4 is 15.5 Å². The summed E-state index contributed by atoms with van der Waals surface area (Å²) in [7, 11) is 0. The molecule has 162 valence electrons. The molecule has 1 aliphatic heterocycles. The first-order chi connectivity index (χ1) is 14.1. The van der Waals surface area contributed by atoms with Crippen molar-refractivity contribution in [1.29, 1.82) is 0 Å². The van der Waals surface area contributed by atoms with E-state index in [1.165, 1.54) is 6.07 Å². The minimum atomic E-state index is -0.443. The maximum atomic E-state index is 13.7. The van der Waals surface area contributed by atoms with Crippen LogP contribution in [0.25, 0.3) is 0 Å². The number of carbonyl (C=O) groups excluding carboxylic acids is 1. The highest BCUT2D eigenvalue weighted by Crippen LogP contribution is 2.21. The van der Waals surface area contributed by atoms with Crippen molar-refractivity contribution >= 4 is 41.5 Å². The maximum Gasteiger partial charge on any atom is 0.227 e. The van der Waals surface area contributed by atoms with Gasteiger partial charge in [0.1, 0.15) is 11.6 Å². The summed E-state index contributed by atoms with van der Waals surface area (Å²) in [6.07, 6.45) is 1.87. The molecule has 1 fully saturated rings. The number of carbonyl (C=O) groups is 1. The van der Waals surface area contributed by atoms with Crippen LogP contribution in [0, 0.1) is 11.6 Å². The van der Waals surface area contributed by atoms with Gasteiger partial charge in [-0.25, -0.2) is 13.8 Å². The first-order valence-electron chi connectivity index (χ1n) is 9.92. The van der Waals surface area contributed by atoms with Crippen molar-refractivity contribution < 1.29 is 13.6 Å². The van der Waals surface area contributed by atoms with Crippen molar-refractivity contribution in [2.75, 3.05) is 24.5 Å². The van der Waals surface area contributed by atoms with E-state index in [0.717, 1.165) is 36.3 Å². The zero-order valence-corrected chi connectivity index (χ0v) is 19.3. The monoisotopic (exact) mass is 528 g/mol. The third-order valence-electron chi connectivity index (χ3n) is 4.78. The van der Waals surface area contributed by atoms with E-state index in [-0.39, 0.29) is 29.9 Å². The predicted molar refractivity (Wildman–Crippen MR) is 126 cm³/mol. The molecule has 2 N–H and O–H groups in total. The SMILES string of the molecule is CCNC(=NCc1ccc(N2CCCC2=O)cc1)NCCc1cc(F)ccc1F.I. The summed E-state index contributed by atoms with van der Waals surface area (Å²) in [5.74, 6) is -0.0694. The van der Waals surface area contributed by atoms with Crippen LogP contribution in [0.4, 0.5) is 14.5 Å². The van der Waals surface area contributed by atoms with Crippen LogP contribution in [0.2, 0.25) is 0 Å². The second kappa shape index (κ2) is 11.8. The Kier molecular flexibility index (Phi) is 9.48. The third-order valence-corrected chi connectivity index (χ3v) is 4.78. The van der Waals surface area contributed by atoms with Gasteiger partial charge >= 0.3 is 0 Å². The predicted octanol–water partition coefficient (Wildman–Crippen LogP) is 4.01. The number of hydrogen-bond donors (Lipinski definition) is 2. The van der Waals surface area contributed by atoms with E-state index in [9.17, 15) is 13.6 Å². The highest BCUT2D eigenvalue weighted by Gasteiger charge is 2.21. The lowest BCUT2D eigenvalue weighted by atomic mass is 10.1. The highest BCUT2D eigenvalue weighted by molar-refractivity contribution is 14.0. The molecule has 8 heteroatoms. The number of hydrogen-bond acceptors (Lipinski definition) is 2. The smallest absolute Gasteiger partial charge is 0.227 e.